The van der Waals surface area contributed by atoms with Crippen molar-refractivity contribution in [2.75, 3.05) is 11.1 Å². The molecule has 38 heavy (non-hydrogen) atoms. The van der Waals surface area contributed by atoms with Crippen LogP contribution < -0.4 is 11.1 Å². The Morgan fingerprint density at radius 2 is 1.84 bits per heavy atom. The van der Waals surface area contributed by atoms with Gasteiger partial charge in [-0.05, 0) is 19.1 Å². The average molecular weight is 532 g/mol. The number of carbonyl (C=O) groups is 1. The van der Waals surface area contributed by atoms with Gasteiger partial charge in [0.15, 0.2) is 11.5 Å². The van der Waals surface area contributed by atoms with Crippen molar-refractivity contribution in [1.29, 1.82) is 0 Å². The summed E-state index contributed by atoms with van der Waals surface area (Å²) in [5, 5.41) is 7.18. The van der Waals surface area contributed by atoms with E-state index in [4.69, 9.17) is 5.73 Å². The smallest absolute Gasteiger partial charge is 0.383 e. The molecule has 200 valence electrons. The van der Waals surface area contributed by atoms with Crippen molar-refractivity contribution in [3.8, 4) is 11.5 Å². The Kier molecular flexibility index (Phi) is 6.76. The molecule has 0 aromatic carbocycles. The van der Waals surface area contributed by atoms with Crippen molar-refractivity contribution in [3.63, 3.8) is 0 Å². The highest BCUT2D eigenvalue weighted by Gasteiger charge is 2.48. The molecule has 4 aromatic heterocycles. The Bertz CT molecular complexity index is 1520. The molecule has 1 aliphatic heterocycles. The van der Waals surface area contributed by atoms with E-state index in [-0.39, 0.29) is 45.9 Å². The van der Waals surface area contributed by atoms with Gasteiger partial charge in [-0.2, -0.15) is 18.3 Å². The normalized spacial score (nSPS) is 17.6. The Labute approximate surface area is 214 Å². The Morgan fingerprint density at radius 3 is 2.47 bits per heavy atom. The number of nitrogen functional groups attached to an aromatic ring is 1. The van der Waals surface area contributed by atoms with Gasteiger partial charge in [0.1, 0.15) is 34.4 Å². The van der Waals surface area contributed by atoms with Crippen LogP contribution in [0.15, 0.2) is 24.5 Å². The van der Waals surface area contributed by atoms with E-state index in [1.165, 1.54) is 29.9 Å². The lowest BCUT2D eigenvalue weighted by molar-refractivity contribution is -0.138. The summed E-state index contributed by atoms with van der Waals surface area (Å²) in [6, 6.07) is 2.54. The van der Waals surface area contributed by atoms with Crippen molar-refractivity contribution >= 4 is 28.6 Å². The van der Waals surface area contributed by atoms with Gasteiger partial charge in [-0.3, -0.25) is 14.5 Å². The number of pyridine rings is 1. The highest BCUT2D eigenvalue weighted by molar-refractivity contribution is 6.09. The van der Waals surface area contributed by atoms with Gasteiger partial charge in [0.05, 0.1) is 35.5 Å². The molecule has 0 fully saturated rings. The highest BCUT2D eigenvalue weighted by atomic mass is 19.4. The maximum absolute atomic E-state index is 13.4. The van der Waals surface area contributed by atoms with Crippen molar-refractivity contribution in [3.05, 3.63) is 47.4 Å². The number of aryl methyl sites for hydroxylation is 1. The number of nitrogens with two attached hydrogens (primary N) is 1. The van der Waals surface area contributed by atoms with Crippen molar-refractivity contribution < 1.29 is 22.4 Å². The number of anilines is 2. The number of amides is 1. The molecule has 14 heteroatoms. The summed E-state index contributed by atoms with van der Waals surface area (Å²) < 4.78 is 54.0. The molecule has 2 unspecified atom stereocenters. The number of hydrogen-bond donors (Lipinski definition) is 2. The number of fused-ring (bicyclic) bond motifs is 2. The van der Waals surface area contributed by atoms with E-state index < -0.39 is 35.7 Å². The minimum atomic E-state index is -4.41. The predicted octanol–water partition coefficient (Wildman–Crippen LogP) is 4.28. The van der Waals surface area contributed by atoms with Crippen LogP contribution in [-0.4, -0.2) is 46.8 Å². The molecule has 0 saturated heterocycles. The summed E-state index contributed by atoms with van der Waals surface area (Å²) in [5.41, 5.74) is 5.79. The van der Waals surface area contributed by atoms with E-state index in [0.29, 0.717) is 5.39 Å². The molecule has 0 bridgehead atoms. The van der Waals surface area contributed by atoms with Crippen molar-refractivity contribution in [2.24, 2.45) is 7.05 Å². The molecular weight excluding hydrogens is 506 g/mol. The van der Waals surface area contributed by atoms with Crippen LogP contribution in [0.1, 0.15) is 57.1 Å². The van der Waals surface area contributed by atoms with Crippen LogP contribution in [0.2, 0.25) is 0 Å². The topological polar surface area (TPSA) is 137 Å². The summed E-state index contributed by atoms with van der Waals surface area (Å²) in [5.74, 6) is -2.18. The summed E-state index contributed by atoms with van der Waals surface area (Å²) in [4.78, 5) is 34.5. The second-order valence-corrected chi connectivity index (χ2v) is 8.75. The second kappa shape index (κ2) is 9.58. The minimum absolute atomic E-state index is 0.0243. The number of nitrogens with zero attached hydrogens (tertiary/aromatic N) is 7. The van der Waals surface area contributed by atoms with E-state index >= 15 is 0 Å². The van der Waals surface area contributed by atoms with Crippen LogP contribution in [-0.2, 0) is 17.3 Å². The minimum Gasteiger partial charge on any atom is -0.383 e. The number of halogens is 4. The first-order valence-electron chi connectivity index (χ1n) is 11.8. The average Bonchev–Trinajstić information content (AvgIpc) is 3.36. The van der Waals surface area contributed by atoms with Gasteiger partial charge in [0.25, 0.3) is 0 Å². The lowest BCUT2D eigenvalue weighted by Crippen LogP contribution is -2.34. The molecule has 5 heterocycles. The van der Waals surface area contributed by atoms with E-state index in [2.05, 4.69) is 35.3 Å². The molecule has 3 N–H and O–H groups in total. The SMILES string of the molecule is CC.CC(CC(F)(F)F)c1nc(-c2nc(N)c3c(n2)NC(=O)C3(C)c2ccc(F)cn2)c2cnn(C)c2n1. The maximum Gasteiger partial charge on any atom is 0.389 e. The first-order valence-corrected chi connectivity index (χ1v) is 11.8. The molecule has 0 aliphatic carbocycles. The molecule has 4 aromatic rings. The maximum atomic E-state index is 13.4. The van der Waals surface area contributed by atoms with Crippen LogP contribution in [0.3, 0.4) is 0 Å². The third kappa shape index (κ3) is 4.50. The lowest BCUT2D eigenvalue weighted by atomic mass is 9.81. The van der Waals surface area contributed by atoms with Gasteiger partial charge < -0.3 is 11.1 Å². The molecule has 0 saturated carbocycles. The van der Waals surface area contributed by atoms with Crippen LogP contribution in [0.25, 0.3) is 22.6 Å². The number of aromatic nitrogens is 7. The molecule has 10 nitrogen and oxygen atoms in total. The predicted molar refractivity (Wildman–Crippen MR) is 131 cm³/mol. The summed E-state index contributed by atoms with van der Waals surface area (Å²) in [7, 11) is 1.59. The second-order valence-electron chi connectivity index (χ2n) is 8.75. The number of alkyl halides is 3. The fraction of sp³-hybridized carbons (Fsp3) is 0.375. The van der Waals surface area contributed by atoms with Crippen LogP contribution in [0.4, 0.5) is 29.2 Å². The standard InChI is InChI=1S/C22H19F4N9O.C2H6/c1-9(6-22(24,25)26)16-30-14(11-8-29-35(3)19(11)33-16)18-31-15(27)13-17(32-18)34-20(36)21(13,2)12-5-4-10(23)7-28-12;1-2/h4-5,7-9H,6H2,1-3H3,(H3,27,31,32,34,36);1-2H3. The van der Waals surface area contributed by atoms with Crippen LogP contribution in [0, 0.1) is 5.82 Å². The Balaban J connectivity index is 0.00000164. The molecular formula is C24H25F4N9O. The monoisotopic (exact) mass is 531 g/mol. The fourth-order valence-corrected chi connectivity index (χ4v) is 4.30. The van der Waals surface area contributed by atoms with Crippen LogP contribution >= 0.6 is 0 Å². The molecule has 0 spiro atoms. The quantitative estimate of drug-likeness (QED) is 0.373. The molecule has 1 amide bonds. The first-order chi connectivity index (χ1) is 17.9. The van der Waals surface area contributed by atoms with E-state index in [0.717, 1.165) is 6.20 Å². The van der Waals surface area contributed by atoms with E-state index in [9.17, 15) is 22.4 Å². The number of rotatable bonds is 4. The molecule has 0 radical (unpaired) electrons. The summed E-state index contributed by atoms with van der Waals surface area (Å²) in [6.07, 6.45) is -3.11. The fourth-order valence-electron chi connectivity index (χ4n) is 4.30. The zero-order chi connectivity index (χ0) is 28.0. The van der Waals surface area contributed by atoms with Crippen LogP contribution in [0.5, 0.6) is 0 Å². The largest absolute Gasteiger partial charge is 0.389 e. The Hall–Kier alpha value is -4.23. The van der Waals surface area contributed by atoms with E-state index in [1.807, 2.05) is 13.8 Å². The van der Waals surface area contributed by atoms with Gasteiger partial charge in [-0.25, -0.2) is 24.3 Å². The molecule has 1 aliphatic rings. The number of hydrogen-bond acceptors (Lipinski definition) is 8. The lowest BCUT2D eigenvalue weighted by Gasteiger charge is -2.22. The van der Waals surface area contributed by atoms with Gasteiger partial charge in [-0.15, -0.1) is 0 Å². The van der Waals surface area contributed by atoms with E-state index in [1.54, 1.807) is 14.0 Å². The summed E-state index contributed by atoms with van der Waals surface area (Å²) in [6.45, 7) is 6.93. The third-order valence-corrected chi connectivity index (χ3v) is 6.16. The van der Waals surface area contributed by atoms with Gasteiger partial charge in [0, 0.05) is 13.0 Å². The third-order valence-electron chi connectivity index (χ3n) is 6.16. The van der Waals surface area contributed by atoms with Crippen molar-refractivity contribution in [2.45, 2.75) is 51.6 Å². The zero-order valence-corrected chi connectivity index (χ0v) is 21.2. The zero-order valence-electron chi connectivity index (χ0n) is 21.2. The Morgan fingerprint density at radius 1 is 1.13 bits per heavy atom. The van der Waals surface area contributed by atoms with Crippen molar-refractivity contribution in [1.82, 2.24) is 34.7 Å². The number of nitrogens with one attached hydrogen (secondary N) is 1. The highest BCUT2D eigenvalue weighted by Crippen LogP contribution is 2.44. The molecule has 2 atom stereocenters. The first kappa shape index (κ1) is 26.8. The number of carbonyl (C=O) groups excluding carboxylic acids is 1. The van der Waals surface area contributed by atoms with Gasteiger partial charge in [0.2, 0.25) is 5.91 Å². The summed E-state index contributed by atoms with van der Waals surface area (Å²) >= 11 is 0. The van der Waals surface area contributed by atoms with Gasteiger partial charge >= 0.3 is 6.18 Å². The van der Waals surface area contributed by atoms with Gasteiger partial charge in [-0.1, -0.05) is 20.8 Å². The molecule has 5 rings (SSSR count).